The average molecular weight is 199 g/mol. The second-order valence-electron chi connectivity index (χ2n) is 2.40. The third kappa shape index (κ3) is 3.49. The molecule has 0 fully saturated rings. The molecule has 1 N–H and O–H groups in total. The molecule has 0 aliphatic heterocycles. The topological polar surface area (TPSA) is 29.5 Å². The highest BCUT2D eigenvalue weighted by molar-refractivity contribution is 6.32. The number of para-hydroxylation sites is 1. The van der Waals surface area contributed by atoms with Crippen molar-refractivity contribution in [1.82, 2.24) is 0 Å². The number of aliphatic hydroxyl groups is 1. The van der Waals surface area contributed by atoms with Gasteiger partial charge < -0.3 is 9.84 Å². The second kappa shape index (κ2) is 5.62. The Morgan fingerprint density at radius 1 is 1.31 bits per heavy atom. The first-order valence-corrected chi connectivity index (χ1v) is 4.35. The van der Waals surface area contributed by atoms with E-state index in [1.807, 2.05) is 12.1 Å². The number of rotatable bonds is 4. The van der Waals surface area contributed by atoms with E-state index >= 15 is 0 Å². The zero-order chi connectivity index (χ0) is 9.52. The Morgan fingerprint density at radius 3 is 2.77 bits per heavy atom. The van der Waals surface area contributed by atoms with Gasteiger partial charge >= 0.3 is 0 Å². The lowest BCUT2D eigenvalue weighted by Gasteiger charge is -2.03. The van der Waals surface area contributed by atoms with Crippen molar-refractivity contribution >= 4 is 11.6 Å². The van der Waals surface area contributed by atoms with E-state index in [-0.39, 0.29) is 6.61 Å². The summed E-state index contributed by atoms with van der Waals surface area (Å²) >= 11 is 5.84. The van der Waals surface area contributed by atoms with E-state index in [0.29, 0.717) is 17.4 Å². The van der Waals surface area contributed by atoms with Gasteiger partial charge in [0.25, 0.3) is 0 Å². The van der Waals surface area contributed by atoms with Crippen LogP contribution in [0.25, 0.3) is 0 Å². The molecule has 3 heteroatoms. The van der Waals surface area contributed by atoms with Gasteiger partial charge in [0.15, 0.2) is 0 Å². The molecular formula is C10H11ClO2. The molecule has 1 aromatic rings. The minimum atomic E-state index is 0.0336. The van der Waals surface area contributed by atoms with E-state index < -0.39 is 0 Å². The van der Waals surface area contributed by atoms with Gasteiger partial charge in [0, 0.05) is 0 Å². The smallest absolute Gasteiger partial charge is 0.138 e. The van der Waals surface area contributed by atoms with Crippen molar-refractivity contribution in [3.63, 3.8) is 0 Å². The third-order valence-electron chi connectivity index (χ3n) is 1.44. The standard InChI is InChI=1S/C10H11ClO2/c11-9-5-1-2-6-10(9)13-8-4-3-7-12/h1-6,12H,7-8H2/b4-3+. The van der Waals surface area contributed by atoms with Crippen LogP contribution in [-0.2, 0) is 0 Å². The summed E-state index contributed by atoms with van der Waals surface area (Å²) in [7, 11) is 0. The maximum Gasteiger partial charge on any atom is 0.138 e. The van der Waals surface area contributed by atoms with Gasteiger partial charge in [-0.3, -0.25) is 0 Å². The van der Waals surface area contributed by atoms with Crippen LogP contribution in [0.5, 0.6) is 5.75 Å². The summed E-state index contributed by atoms with van der Waals surface area (Å²) in [5, 5.41) is 9.05. The summed E-state index contributed by atoms with van der Waals surface area (Å²) in [4.78, 5) is 0. The Hall–Kier alpha value is -0.990. The maximum atomic E-state index is 8.45. The molecule has 0 atom stereocenters. The lowest BCUT2D eigenvalue weighted by Crippen LogP contribution is -1.93. The van der Waals surface area contributed by atoms with Crippen LogP contribution >= 0.6 is 11.6 Å². The zero-order valence-corrected chi connectivity index (χ0v) is 7.87. The third-order valence-corrected chi connectivity index (χ3v) is 1.76. The van der Waals surface area contributed by atoms with Crippen molar-refractivity contribution < 1.29 is 9.84 Å². The van der Waals surface area contributed by atoms with E-state index in [1.54, 1.807) is 24.3 Å². The van der Waals surface area contributed by atoms with E-state index in [4.69, 9.17) is 21.4 Å². The summed E-state index contributed by atoms with van der Waals surface area (Å²) in [6.07, 6.45) is 3.36. The van der Waals surface area contributed by atoms with Crippen molar-refractivity contribution in [2.75, 3.05) is 13.2 Å². The van der Waals surface area contributed by atoms with E-state index in [1.165, 1.54) is 0 Å². The van der Waals surface area contributed by atoms with E-state index in [0.717, 1.165) is 0 Å². The Morgan fingerprint density at radius 2 is 2.08 bits per heavy atom. The highest BCUT2D eigenvalue weighted by Crippen LogP contribution is 2.22. The molecule has 0 aromatic heterocycles. The van der Waals surface area contributed by atoms with Gasteiger partial charge in [-0.1, -0.05) is 29.8 Å². The first kappa shape index (κ1) is 10.1. The second-order valence-corrected chi connectivity index (χ2v) is 2.80. The van der Waals surface area contributed by atoms with Crippen LogP contribution in [0.3, 0.4) is 0 Å². The number of halogens is 1. The minimum absolute atomic E-state index is 0.0336. The van der Waals surface area contributed by atoms with Crippen molar-refractivity contribution in [3.8, 4) is 5.75 Å². The summed E-state index contributed by atoms with van der Waals surface area (Å²) in [5.74, 6) is 0.659. The van der Waals surface area contributed by atoms with Crippen LogP contribution in [0.1, 0.15) is 0 Å². The summed E-state index contributed by atoms with van der Waals surface area (Å²) < 4.78 is 5.31. The lowest BCUT2D eigenvalue weighted by molar-refractivity contribution is 0.336. The minimum Gasteiger partial charge on any atom is -0.488 e. The molecule has 0 radical (unpaired) electrons. The van der Waals surface area contributed by atoms with Crippen LogP contribution in [0, 0.1) is 0 Å². The van der Waals surface area contributed by atoms with Gasteiger partial charge in [-0.25, -0.2) is 0 Å². The van der Waals surface area contributed by atoms with Gasteiger partial charge in [0.05, 0.1) is 11.6 Å². The summed E-state index contributed by atoms with van der Waals surface area (Å²) in [5.41, 5.74) is 0. The van der Waals surface area contributed by atoms with Crippen molar-refractivity contribution in [2.45, 2.75) is 0 Å². The molecule has 0 aliphatic carbocycles. The average Bonchev–Trinajstić information content (AvgIpc) is 2.15. The Labute approximate surface area is 82.4 Å². The quantitative estimate of drug-likeness (QED) is 0.753. The van der Waals surface area contributed by atoms with Gasteiger partial charge in [0.1, 0.15) is 12.4 Å². The molecule has 0 unspecified atom stereocenters. The number of hydrogen-bond donors (Lipinski definition) is 1. The number of benzene rings is 1. The summed E-state index contributed by atoms with van der Waals surface area (Å²) in [6, 6.07) is 7.28. The molecule has 0 saturated heterocycles. The first-order chi connectivity index (χ1) is 6.34. The molecule has 0 heterocycles. The molecule has 0 amide bonds. The van der Waals surface area contributed by atoms with Crippen molar-refractivity contribution in [1.29, 1.82) is 0 Å². The molecule has 0 spiro atoms. The Balaban J connectivity index is 2.45. The molecule has 1 aromatic carbocycles. The largest absolute Gasteiger partial charge is 0.488 e. The van der Waals surface area contributed by atoms with Crippen molar-refractivity contribution in [3.05, 3.63) is 41.4 Å². The molecule has 13 heavy (non-hydrogen) atoms. The first-order valence-electron chi connectivity index (χ1n) is 3.98. The van der Waals surface area contributed by atoms with Crippen LogP contribution in [0.4, 0.5) is 0 Å². The monoisotopic (exact) mass is 198 g/mol. The number of aliphatic hydroxyl groups excluding tert-OH is 1. The molecule has 0 saturated carbocycles. The van der Waals surface area contributed by atoms with Gasteiger partial charge in [0.2, 0.25) is 0 Å². The highest BCUT2D eigenvalue weighted by atomic mass is 35.5. The van der Waals surface area contributed by atoms with E-state index in [2.05, 4.69) is 0 Å². The fourth-order valence-corrected chi connectivity index (χ4v) is 1.03. The van der Waals surface area contributed by atoms with Crippen LogP contribution in [-0.4, -0.2) is 18.3 Å². The summed E-state index contributed by atoms with van der Waals surface area (Å²) in [6.45, 7) is 0.455. The normalized spacial score (nSPS) is 10.6. The fourth-order valence-electron chi connectivity index (χ4n) is 0.842. The zero-order valence-electron chi connectivity index (χ0n) is 7.11. The maximum absolute atomic E-state index is 8.45. The van der Waals surface area contributed by atoms with Crippen LogP contribution < -0.4 is 4.74 Å². The molecule has 0 aliphatic rings. The molecule has 2 nitrogen and oxygen atoms in total. The van der Waals surface area contributed by atoms with Crippen LogP contribution in [0.15, 0.2) is 36.4 Å². The number of ether oxygens (including phenoxy) is 1. The molecule has 70 valence electrons. The fraction of sp³-hybridized carbons (Fsp3) is 0.200. The molecule has 0 bridgehead atoms. The predicted octanol–water partition coefficient (Wildman–Crippen LogP) is 2.27. The lowest BCUT2D eigenvalue weighted by atomic mass is 10.3. The van der Waals surface area contributed by atoms with Gasteiger partial charge in [-0.05, 0) is 18.2 Å². The SMILES string of the molecule is OC/C=C/COc1ccccc1Cl. The van der Waals surface area contributed by atoms with E-state index in [9.17, 15) is 0 Å². The predicted molar refractivity (Wildman–Crippen MR) is 53.2 cm³/mol. The van der Waals surface area contributed by atoms with Crippen molar-refractivity contribution in [2.24, 2.45) is 0 Å². The molecular weight excluding hydrogens is 188 g/mol. The molecule has 1 rings (SSSR count). The van der Waals surface area contributed by atoms with Gasteiger partial charge in [-0.15, -0.1) is 0 Å². The Kier molecular flexibility index (Phi) is 4.36. The van der Waals surface area contributed by atoms with Crippen LogP contribution in [0.2, 0.25) is 5.02 Å². The highest BCUT2D eigenvalue weighted by Gasteiger charge is 1.96. The Bertz CT molecular complexity index is 284. The van der Waals surface area contributed by atoms with Gasteiger partial charge in [-0.2, -0.15) is 0 Å². The number of hydrogen-bond acceptors (Lipinski definition) is 2.